The molecule has 17 heavy (non-hydrogen) atoms. The molecule has 4 nitrogen and oxygen atoms in total. The van der Waals surface area contributed by atoms with Gasteiger partial charge >= 0.3 is 5.69 Å². The van der Waals surface area contributed by atoms with Gasteiger partial charge in [0.05, 0.1) is 0 Å². The minimum absolute atomic E-state index is 0.197. The van der Waals surface area contributed by atoms with Gasteiger partial charge in [0.2, 0.25) is 0 Å². The summed E-state index contributed by atoms with van der Waals surface area (Å²) in [6.07, 6.45) is 1.50. The van der Waals surface area contributed by atoms with E-state index in [0.717, 1.165) is 17.7 Å². The summed E-state index contributed by atoms with van der Waals surface area (Å²) in [6, 6.07) is 1.57. The highest BCUT2D eigenvalue weighted by atomic mass is 31.1. The second-order valence-electron chi connectivity index (χ2n) is 4.02. The third-order valence-electron chi connectivity index (χ3n) is 2.61. The molecule has 0 saturated heterocycles. The molecule has 1 aromatic heterocycles. The summed E-state index contributed by atoms with van der Waals surface area (Å²) in [5, 5.41) is 0. The van der Waals surface area contributed by atoms with Crippen molar-refractivity contribution in [3.63, 3.8) is 0 Å². The topological polar surface area (TPSA) is 44.0 Å². The summed E-state index contributed by atoms with van der Waals surface area (Å²) < 4.78 is 2.95. The van der Waals surface area contributed by atoms with Crippen LogP contribution in [0.25, 0.3) is 0 Å². The lowest BCUT2D eigenvalue weighted by molar-refractivity contribution is 0.648. The first-order valence-electron chi connectivity index (χ1n) is 5.69. The summed E-state index contributed by atoms with van der Waals surface area (Å²) in [4.78, 5) is 23.8. The van der Waals surface area contributed by atoms with Gasteiger partial charge in [-0.1, -0.05) is 5.57 Å². The van der Waals surface area contributed by atoms with Crippen LogP contribution in [0, 0.1) is 0 Å². The highest BCUT2D eigenvalue weighted by molar-refractivity contribution is 7.35. The number of allylic oxidation sites excluding steroid dienone is 1. The highest BCUT2D eigenvalue weighted by Crippen LogP contribution is 2.12. The molecule has 1 atom stereocenters. The Morgan fingerprint density at radius 1 is 1.47 bits per heavy atom. The largest absolute Gasteiger partial charge is 0.334 e. The standard InChI is InChI=1S/C12H19N2O2P/c1-5-13-11(15)8-10(7-6-9(2)3)14(17-4)12(13)16/h8,17H,2,5-7H2,1,3-4H3. The molecule has 0 aromatic carbocycles. The molecule has 0 fully saturated rings. The molecule has 0 aliphatic carbocycles. The van der Waals surface area contributed by atoms with Crippen molar-refractivity contribution in [3.05, 3.63) is 44.8 Å². The molecule has 0 N–H and O–H groups in total. The zero-order valence-corrected chi connectivity index (χ0v) is 11.6. The van der Waals surface area contributed by atoms with Crippen LogP contribution in [0.2, 0.25) is 0 Å². The van der Waals surface area contributed by atoms with E-state index in [0.29, 0.717) is 21.7 Å². The molecule has 0 aliphatic rings. The lowest BCUT2D eigenvalue weighted by Crippen LogP contribution is -2.38. The molecule has 1 rings (SSSR count). The number of aromatic nitrogens is 2. The number of nitrogens with zero attached hydrogens (tertiary/aromatic N) is 2. The Bertz CT molecular complexity index is 528. The van der Waals surface area contributed by atoms with Crippen molar-refractivity contribution in [1.29, 1.82) is 0 Å². The van der Waals surface area contributed by atoms with Gasteiger partial charge in [-0.3, -0.25) is 13.7 Å². The molecular formula is C12H19N2O2P. The molecule has 0 aliphatic heterocycles. The highest BCUT2D eigenvalue weighted by Gasteiger charge is 2.08. The minimum atomic E-state index is -0.205. The summed E-state index contributed by atoms with van der Waals surface area (Å²) in [5.41, 5.74) is 1.47. The maximum Gasteiger partial charge on any atom is 0.334 e. The van der Waals surface area contributed by atoms with Gasteiger partial charge in [-0.05, 0) is 42.1 Å². The predicted molar refractivity (Wildman–Crippen MR) is 73.4 cm³/mol. The van der Waals surface area contributed by atoms with Gasteiger partial charge in [-0.25, -0.2) is 4.79 Å². The van der Waals surface area contributed by atoms with Crippen molar-refractivity contribution < 1.29 is 0 Å². The summed E-state index contributed by atoms with van der Waals surface area (Å²) in [6.45, 7) is 9.95. The van der Waals surface area contributed by atoms with Crippen LogP contribution in [0.4, 0.5) is 0 Å². The van der Waals surface area contributed by atoms with Gasteiger partial charge in [0.1, 0.15) is 0 Å². The Labute approximate surface area is 103 Å². The predicted octanol–water partition coefficient (Wildman–Crippen LogP) is 1.61. The zero-order valence-electron chi connectivity index (χ0n) is 10.6. The average Bonchev–Trinajstić information content (AvgIpc) is 2.26. The Morgan fingerprint density at radius 3 is 2.59 bits per heavy atom. The fourth-order valence-electron chi connectivity index (χ4n) is 1.68. The molecule has 0 bridgehead atoms. The van der Waals surface area contributed by atoms with Gasteiger partial charge in [-0.2, -0.15) is 0 Å². The van der Waals surface area contributed by atoms with Gasteiger partial charge in [0.15, 0.2) is 0 Å². The Hall–Kier alpha value is -1.15. The Morgan fingerprint density at radius 2 is 2.12 bits per heavy atom. The lowest BCUT2D eigenvalue weighted by Gasteiger charge is -2.12. The molecular weight excluding hydrogens is 235 g/mol. The van der Waals surface area contributed by atoms with Crippen molar-refractivity contribution in [3.8, 4) is 0 Å². The molecule has 1 heterocycles. The van der Waals surface area contributed by atoms with Crippen molar-refractivity contribution in [2.24, 2.45) is 0 Å². The van der Waals surface area contributed by atoms with E-state index in [4.69, 9.17) is 0 Å². The molecule has 5 heteroatoms. The first kappa shape index (κ1) is 13.9. The quantitative estimate of drug-likeness (QED) is 0.592. The van der Waals surface area contributed by atoms with E-state index in [2.05, 4.69) is 6.58 Å². The number of rotatable bonds is 5. The normalized spacial score (nSPS) is 11.2. The van der Waals surface area contributed by atoms with Gasteiger partial charge in [0, 0.05) is 18.3 Å². The third kappa shape index (κ3) is 3.16. The molecule has 1 unspecified atom stereocenters. The molecule has 0 saturated carbocycles. The SMILES string of the molecule is C=C(C)CCc1cc(=O)n(CC)c(=O)n1PC. The smallest absolute Gasteiger partial charge is 0.279 e. The molecule has 0 radical (unpaired) electrons. The van der Waals surface area contributed by atoms with E-state index in [1.807, 2.05) is 13.6 Å². The van der Waals surface area contributed by atoms with Crippen molar-refractivity contribution in [2.45, 2.75) is 33.2 Å². The molecule has 1 aromatic rings. The molecule has 0 spiro atoms. The van der Waals surface area contributed by atoms with E-state index < -0.39 is 0 Å². The lowest BCUT2D eigenvalue weighted by atomic mass is 10.1. The van der Waals surface area contributed by atoms with Crippen LogP contribution < -0.4 is 11.2 Å². The maximum absolute atomic E-state index is 12.0. The van der Waals surface area contributed by atoms with Crippen molar-refractivity contribution >= 4 is 8.73 Å². The Balaban J connectivity index is 3.27. The zero-order chi connectivity index (χ0) is 13.0. The first-order valence-corrected chi connectivity index (χ1v) is 7.13. The van der Waals surface area contributed by atoms with Crippen molar-refractivity contribution in [1.82, 2.24) is 8.90 Å². The van der Waals surface area contributed by atoms with Crippen LogP contribution in [0.3, 0.4) is 0 Å². The fraction of sp³-hybridized carbons (Fsp3) is 0.500. The number of aryl methyl sites for hydroxylation is 1. The summed E-state index contributed by atoms with van der Waals surface area (Å²) in [5.74, 6) is 0. The van der Waals surface area contributed by atoms with Crippen LogP contribution in [0.5, 0.6) is 0 Å². The van der Waals surface area contributed by atoms with E-state index in [1.165, 1.54) is 4.57 Å². The minimum Gasteiger partial charge on any atom is -0.279 e. The van der Waals surface area contributed by atoms with Crippen LogP contribution >= 0.6 is 8.73 Å². The summed E-state index contributed by atoms with van der Waals surface area (Å²) in [7, 11) is 0.342. The van der Waals surface area contributed by atoms with E-state index in [9.17, 15) is 9.59 Å². The second-order valence-corrected chi connectivity index (χ2v) is 4.91. The maximum atomic E-state index is 12.0. The average molecular weight is 254 g/mol. The van der Waals surface area contributed by atoms with E-state index in [-0.39, 0.29) is 11.2 Å². The van der Waals surface area contributed by atoms with Crippen LogP contribution in [-0.2, 0) is 13.0 Å². The van der Waals surface area contributed by atoms with E-state index in [1.54, 1.807) is 17.3 Å². The van der Waals surface area contributed by atoms with Crippen LogP contribution in [0.15, 0.2) is 27.8 Å². The fourth-order valence-corrected chi connectivity index (χ4v) is 2.45. The number of hydrogen-bond donors (Lipinski definition) is 0. The monoisotopic (exact) mass is 254 g/mol. The summed E-state index contributed by atoms with van der Waals surface area (Å²) >= 11 is 0. The van der Waals surface area contributed by atoms with Gasteiger partial charge < -0.3 is 0 Å². The van der Waals surface area contributed by atoms with Crippen LogP contribution in [-0.4, -0.2) is 15.6 Å². The third-order valence-corrected chi connectivity index (χ3v) is 3.54. The molecule has 0 amide bonds. The second kappa shape index (κ2) is 5.97. The number of hydrogen-bond acceptors (Lipinski definition) is 2. The van der Waals surface area contributed by atoms with E-state index >= 15 is 0 Å². The first-order chi connectivity index (χ1) is 8.01. The van der Waals surface area contributed by atoms with Gasteiger partial charge in [0.25, 0.3) is 5.56 Å². The van der Waals surface area contributed by atoms with Gasteiger partial charge in [-0.15, -0.1) is 6.58 Å². The Kier molecular flexibility index (Phi) is 4.88. The van der Waals surface area contributed by atoms with Crippen LogP contribution in [0.1, 0.15) is 26.0 Å². The van der Waals surface area contributed by atoms with Crippen molar-refractivity contribution in [2.75, 3.05) is 6.66 Å². The molecule has 94 valence electrons.